The highest BCUT2D eigenvalue weighted by atomic mass is 32.1. The van der Waals surface area contributed by atoms with Crippen molar-refractivity contribution in [2.75, 3.05) is 0 Å². The van der Waals surface area contributed by atoms with Crippen LogP contribution < -0.4 is 0 Å². The lowest BCUT2D eigenvalue weighted by Gasteiger charge is -2.25. The van der Waals surface area contributed by atoms with Gasteiger partial charge < -0.3 is 9.67 Å². The highest BCUT2D eigenvalue weighted by Gasteiger charge is 2.30. The van der Waals surface area contributed by atoms with Gasteiger partial charge in [0.05, 0.1) is 22.3 Å². The van der Waals surface area contributed by atoms with Crippen molar-refractivity contribution < 1.29 is 5.11 Å². The van der Waals surface area contributed by atoms with Crippen molar-refractivity contribution in [3.05, 3.63) is 126 Å². The van der Waals surface area contributed by atoms with Gasteiger partial charge in [-0.25, -0.2) is 15.0 Å². The fraction of sp³-hybridized carbons (Fsp3) is 0.208. The number of phenols is 1. The van der Waals surface area contributed by atoms with Gasteiger partial charge in [0, 0.05) is 60.7 Å². The third-order valence-corrected chi connectivity index (χ3v) is 11.7. The highest BCUT2D eigenvalue weighted by Crippen LogP contribution is 2.50. The van der Waals surface area contributed by atoms with Gasteiger partial charge in [-0.3, -0.25) is 4.98 Å². The van der Waals surface area contributed by atoms with Gasteiger partial charge in [0.2, 0.25) is 0 Å². The summed E-state index contributed by atoms with van der Waals surface area (Å²) in [6.07, 6.45) is 3.84. The zero-order chi connectivity index (χ0) is 38.4. The van der Waals surface area contributed by atoms with E-state index in [0.717, 1.165) is 75.9 Å². The monoisotopic (exact) mass is 737 g/mol. The van der Waals surface area contributed by atoms with E-state index in [4.69, 9.17) is 19.9 Å². The lowest BCUT2D eigenvalue weighted by atomic mass is 9.94. The summed E-state index contributed by atoms with van der Waals surface area (Å²) in [5.41, 5.74) is 10.9. The van der Waals surface area contributed by atoms with E-state index >= 15 is 0 Å². The van der Waals surface area contributed by atoms with E-state index in [9.17, 15) is 5.11 Å². The molecule has 9 aromatic rings. The van der Waals surface area contributed by atoms with Crippen LogP contribution in [0, 0.1) is 13.8 Å². The minimum absolute atomic E-state index is 0.204. The Bertz CT molecular complexity index is 2970. The van der Waals surface area contributed by atoms with Crippen molar-refractivity contribution in [2.45, 2.75) is 66.3 Å². The van der Waals surface area contributed by atoms with Gasteiger partial charge in [-0.15, -0.1) is 11.3 Å². The summed E-state index contributed by atoms with van der Waals surface area (Å²) in [6.45, 7) is 17.3. The van der Waals surface area contributed by atoms with E-state index < -0.39 is 0 Å². The van der Waals surface area contributed by atoms with Gasteiger partial charge in [0.15, 0.2) is 0 Å². The molecule has 0 saturated carbocycles. The number of nitrogens with zero attached hydrogens (tertiary/aromatic N) is 5. The number of rotatable bonds is 4. The number of imidazole rings is 1. The summed E-state index contributed by atoms with van der Waals surface area (Å²) in [4.78, 5) is 21.2. The molecule has 0 spiro atoms. The largest absolute Gasteiger partial charge is 0.507 e. The molecule has 7 heteroatoms. The zero-order valence-corrected chi connectivity index (χ0v) is 33.3. The van der Waals surface area contributed by atoms with Crippen LogP contribution in [-0.4, -0.2) is 29.6 Å². The second kappa shape index (κ2) is 12.6. The molecule has 0 radical (unpaired) electrons. The second-order valence-corrected chi connectivity index (χ2v) is 17.6. The van der Waals surface area contributed by atoms with Crippen LogP contribution in [0.2, 0.25) is 0 Å². The fourth-order valence-electron chi connectivity index (χ4n) is 8.08. The van der Waals surface area contributed by atoms with Gasteiger partial charge in [0.25, 0.3) is 0 Å². The Balaban J connectivity index is 1.28. The Morgan fingerprint density at radius 1 is 0.655 bits per heavy atom. The summed E-state index contributed by atoms with van der Waals surface area (Å²) in [5, 5.41) is 16.0. The number of pyridine rings is 1. The molecule has 0 aliphatic heterocycles. The molecule has 0 aliphatic rings. The third kappa shape index (κ3) is 5.68. The smallest absolute Gasteiger partial charge is 0.146 e. The van der Waals surface area contributed by atoms with Crippen molar-refractivity contribution in [3.63, 3.8) is 0 Å². The van der Waals surface area contributed by atoms with Crippen LogP contribution in [0.25, 0.3) is 87.0 Å². The van der Waals surface area contributed by atoms with Crippen molar-refractivity contribution in [3.8, 4) is 50.6 Å². The lowest BCUT2D eigenvalue weighted by Crippen LogP contribution is -2.22. The number of fused-ring (bicyclic) bond motifs is 6. The quantitative estimate of drug-likeness (QED) is 0.195. The molecule has 0 saturated heterocycles. The first kappa shape index (κ1) is 34.8. The normalized spacial score (nSPS) is 12.4. The number of hydrogen-bond donors (Lipinski definition) is 1. The first-order valence-electron chi connectivity index (χ1n) is 18.8. The Morgan fingerprint density at radius 2 is 1.36 bits per heavy atom. The summed E-state index contributed by atoms with van der Waals surface area (Å²) in [7, 11) is 0. The SMILES string of the molecule is Cc1cccc(C)c1-c1ccnc(-c2cccc(-c3cccc4c3nc(-c3c(O)c5ccccc5c5sc6nc(C(C)(C)C)ncc6c35)n4C(C)(C)C)c2)c1. The van der Waals surface area contributed by atoms with Crippen molar-refractivity contribution in [2.24, 2.45) is 0 Å². The average molecular weight is 738 g/mol. The van der Waals surface area contributed by atoms with E-state index in [1.807, 2.05) is 30.6 Å². The first-order chi connectivity index (χ1) is 26.3. The molecule has 0 unspecified atom stereocenters. The maximum atomic E-state index is 12.4. The number of benzene rings is 5. The number of para-hydroxylation sites is 1. The van der Waals surface area contributed by atoms with E-state index in [1.54, 1.807) is 11.3 Å². The van der Waals surface area contributed by atoms with Crippen LogP contribution in [0.4, 0.5) is 0 Å². The molecule has 55 heavy (non-hydrogen) atoms. The van der Waals surface area contributed by atoms with Crippen LogP contribution in [0.5, 0.6) is 5.75 Å². The van der Waals surface area contributed by atoms with E-state index in [-0.39, 0.29) is 16.7 Å². The molecular formula is C48H43N5OS. The van der Waals surface area contributed by atoms with Crippen molar-refractivity contribution in [1.82, 2.24) is 24.5 Å². The number of aryl methyl sites for hydroxylation is 2. The van der Waals surface area contributed by atoms with Gasteiger partial charge in [0.1, 0.15) is 22.2 Å². The molecule has 5 aromatic carbocycles. The summed E-state index contributed by atoms with van der Waals surface area (Å²) < 4.78 is 3.34. The Kier molecular flexibility index (Phi) is 7.96. The molecule has 0 amide bonds. The molecule has 0 atom stereocenters. The Labute approximate surface area is 325 Å². The molecule has 1 N–H and O–H groups in total. The molecule has 4 aromatic heterocycles. The van der Waals surface area contributed by atoms with Crippen LogP contribution in [-0.2, 0) is 11.0 Å². The van der Waals surface area contributed by atoms with Crippen LogP contribution >= 0.6 is 11.3 Å². The maximum absolute atomic E-state index is 12.4. The minimum Gasteiger partial charge on any atom is -0.507 e. The van der Waals surface area contributed by atoms with E-state index in [0.29, 0.717) is 11.4 Å². The molecule has 272 valence electrons. The van der Waals surface area contributed by atoms with Crippen LogP contribution in [0.1, 0.15) is 58.5 Å². The zero-order valence-electron chi connectivity index (χ0n) is 32.5. The highest BCUT2D eigenvalue weighted by molar-refractivity contribution is 7.26. The average Bonchev–Trinajstić information content (AvgIpc) is 3.74. The predicted molar refractivity (Wildman–Crippen MR) is 230 cm³/mol. The van der Waals surface area contributed by atoms with Crippen LogP contribution in [0.3, 0.4) is 0 Å². The van der Waals surface area contributed by atoms with Gasteiger partial charge in [-0.05, 0) is 86.7 Å². The van der Waals surface area contributed by atoms with Gasteiger partial charge in [-0.1, -0.05) is 93.6 Å². The van der Waals surface area contributed by atoms with Crippen molar-refractivity contribution in [1.29, 1.82) is 0 Å². The Hall–Kier alpha value is -5.92. The second-order valence-electron chi connectivity index (χ2n) is 16.6. The summed E-state index contributed by atoms with van der Waals surface area (Å²) >= 11 is 1.65. The predicted octanol–water partition coefficient (Wildman–Crippen LogP) is 12.8. The minimum atomic E-state index is -0.380. The molecule has 0 aliphatic carbocycles. The molecule has 4 heterocycles. The van der Waals surface area contributed by atoms with Gasteiger partial charge in [-0.2, -0.15) is 0 Å². The van der Waals surface area contributed by atoms with Crippen molar-refractivity contribution >= 4 is 53.4 Å². The Morgan fingerprint density at radius 3 is 2.11 bits per heavy atom. The number of hydrogen-bond acceptors (Lipinski definition) is 6. The first-order valence-corrected chi connectivity index (χ1v) is 19.6. The summed E-state index contributed by atoms with van der Waals surface area (Å²) in [5.74, 6) is 1.71. The molecule has 0 bridgehead atoms. The van der Waals surface area contributed by atoms with E-state index in [1.165, 1.54) is 16.7 Å². The molecule has 6 nitrogen and oxygen atoms in total. The standard InChI is InChI=1S/C48H43N5OS/c1-27-14-11-15-28(2)38(27)31-22-23-49-36(25-31)30-17-12-16-29(24-30)32-20-13-21-37-41(32)51-44(53(37)48(6,7)8)40-39-35-26-50-46(47(3,4)5)52-45(35)55-43(39)34-19-10-9-18-33(34)42(40)54/h9-26,54H,1-8H3. The third-order valence-electron chi connectivity index (χ3n) is 10.6. The van der Waals surface area contributed by atoms with Crippen LogP contribution in [0.15, 0.2) is 109 Å². The number of aromatic hydroxyl groups is 1. The van der Waals surface area contributed by atoms with Gasteiger partial charge >= 0.3 is 0 Å². The topological polar surface area (TPSA) is 76.7 Å². The van der Waals surface area contributed by atoms with E-state index in [2.05, 4.69) is 139 Å². The maximum Gasteiger partial charge on any atom is 0.146 e. The number of thiophene rings is 1. The number of aromatic nitrogens is 5. The number of phenolic OH excluding ortho intramolecular Hbond substituents is 1. The fourth-order valence-corrected chi connectivity index (χ4v) is 9.27. The molecule has 9 rings (SSSR count). The lowest BCUT2D eigenvalue weighted by molar-refractivity contribution is 0.412. The molecule has 0 fully saturated rings. The molecular weight excluding hydrogens is 695 g/mol. The summed E-state index contributed by atoms with van der Waals surface area (Å²) in [6, 6.07) is 33.8.